The number of aromatic nitrogens is 1. The van der Waals surface area contributed by atoms with Crippen LogP contribution < -0.4 is 5.73 Å². The van der Waals surface area contributed by atoms with Crippen LogP contribution in [0.2, 0.25) is 0 Å². The average molecular weight is 300 g/mol. The second kappa shape index (κ2) is 5.07. The number of aliphatic carboxylic acids is 1. The lowest BCUT2D eigenvalue weighted by atomic mass is 10.1. The molecule has 0 radical (unpaired) electrons. The molecule has 0 saturated carbocycles. The van der Waals surface area contributed by atoms with E-state index in [2.05, 4.69) is 0 Å². The summed E-state index contributed by atoms with van der Waals surface area (Å²) in [6.07, 6.45) is -4.44. The summed E-state index contributed by atoms with van der Waals surface area (Å²) < 4.78 is 39.9. The molecular weight excluding hydrogens is 285 g/mol. The first-order valence-electron chi connectivity index (χ1n) is 6.33. The van der Waals surface area contributed by atoms with Crippen molar-refractivity contribution in [2.45, 2.75) is 32.1 Å². The van der Waals surface area contributed by atoms with Gasteiger partial charge in [-0.25, -0.2) is 0 Å². The number of carboxylic acids is 1. The molecule has 2 aromatic rings. The number of benzene rings is 1. The van der Waals surface area contributed by atoms with Gasteiger partial charge in [-0.15, -0.1) is 0 Å². The van der Waals surface area contributed by atoms with Gasteiger partial charge in [-0.05, 0) is 38.1 Å². The van der Waals surface area contributed by atoms with Crippen LogP contribution in [0.3, 0.4) is 0 Å². The van der Waals surface area contributed by atoms with Crippen LogP contribution in [0.1, 0.15) is 37.2 Å². The van der Waals surface area contributed by atoms with E-state index in [-0.39, 0.29) is 11.7 Å². The van der Waals surface area contributed by atoms with E-state index in [4.69, 9.17) is 10.8 Å². The second-order valence-corrected chi connectivity index (χ2v) is 5.12. The molecule has 1 aromatic heterocycles. The lowest BCUT2D eigenvalue weighted by molar-refractivity contribution is -0.139. The van der Waals surface area contributed by atoms with Gasteiger partial charge in [0, 0.05) is 22.6 Å². The maximum Gasteiger partial charge on any atom is 0.416 e. The molecule has 4 nitrogen and oxygen atoms in total. The van der Waals surface area contributed by atoms with Crippen molar-refractivity contribution in [1.82, 2.24) is 4.57 Å². The van der Waals surface area contributed by atoms with Crippen LogP contribution in [0.4, 0.5) is 13.2 Å². The van der Waals surface area contributed by atoms with Crippen molar-refractivity contribution < 1.29 is 23.1 Å². The first-order chi connectivity index (χ1) is 9.62. The lowest BCUT2D eigenvalue weighted by Crippen LogP contribution is -2.24. The molecule has 0 aliphatic heterocycles. The van der Waals surface area contributed by atoms with Gasteiger partial charge in [-0.3, -0.25) is 4.79 Å². The Kier molecular flexibility index (Phi) is 3.71. The summed E-state index contributed by atoms with van der Waals surface area (Å²) in [5.74, 6) is -1.23. The highest BCUT2D eigenvalue weighted by Crippen LogP contribution is 2.34. The number of alkyl halides is 3. The predicted molar refractivity (Wildman–Crippen MR) is 71.9 cm³/mol. The summed E-state index contributed by atoms with van der Waals surface area (Å²) in [7, 11) is 0. The second-order valence-electron chi connectivity index (χ2n) is 5.12. The highest BCUT2D eigenvalue weighted by atomic mass is 19.4. The molecule has 1 heterocycles. The number of hydrogen-bond donors (Lipinski definition) is 2. The molecule has 114 valence electrons. The van der Waals surface area contributed by atoms with E-state index in [0.29, 0.717) is 10.9 Å². The van der Waals surface area contributed by atoms with Crippen LogP contribution in [0.15, 0.2) is 24.3 Å². The summed E-state index contributed by atoms with van der Waals surface area (Å²) in [6, 6.07) is 3.33. The minimum absolute atomic E-state index is 0.125. The minimum atomic E-state index is -4.44. The Morgan fingerprint density at radius 2 is 1.90 bits per heavy atom. The van der Waals surface area contributed by atoms with Crippen LogP contribution in [0.5, 0.6) is 0 Å². The molecule has 0 aliphatic rings. The van der Waals surface area contributed by atoms with Crippen LogP contribution in [-0.2, 0) is 11.0 Å². The molecule has 1 aromatic carbocycles. The van der Waals surface area contributed by atoms with Crippen molar-refractivity contribution in [3.8, 4) is 0 Å². The zero-order valence-corrected chi connectivity index (χ0v) is 11.5. The van der Waals surface area contributed by atoms with Gasteiger partial charge < -0.3 is 15.4 Å². The van der Waals surface area contributed by atoms with Crippen molar-refractivity contribution >= 4 is 16.9 Å². The fraction of sp³-hybridized carbons (Fsp3) is 0.357. The third-order valence-electron chi connectivity index (χ3n) is 3.30. The Balaban J connectivity index is 2.70. The van der Waals surface area contributed by atoms with Crippen molar-refractivity contribution in [3.63, 3.8) is 0 Å². The Hall–Kier alpha value is -2.02. The topological polar surface area (TPSA) is 68.2 Å². The Labute approximate surface area is 119 Å². The molecule has 0 spiro atoms. The van der Waals surface area contributed by atoms with E-state index in [1.54, 1.807) is 4.57 Å². The highest BCUT2D eigenvalue weighted by Gasteiger charge is 2.31. The fourth-order valence-corrected chi connectivity index (χ4v) is 2.38. The number of rotatable bonds is 3. The largest absolute Gasteiger partial charge is 0.480 e. The number of carbonyl (C=O) groups is 1. The van der Waals surface area contributed by atoms with E-state index >= 15 is 0 Å². The van der Waals surface area contributed by atoms with E-state index < -0.39 is 23.8 Å². The maximum absolute atomic E-state index is 12.7. The standard InChI is InChI=1S/C14H15F3N2O2/c1-7(2)19-10-4-3-9(14(15,16)17)5-8(10)6-11(19)12(18)13(20)21/h3-7,12H,18H2,1-2H3,(H,20,21). The Morgan fingerprint density at radius 1 is 1.29 bits per heavy atom. The smallest absolute Gasteiger partial charge is 0.416 e. The molecule has 1 unspecified atom stereocenters. The fourth-order valence-electron chi connectivity index (χ4n) is 2.38. The Morgan fingerprint density at radius 3 is 2.38 bits per heavy atom. The summed E-state index contributed by atoms with van der Waals surface area (Å²) >= 11 is 0. The minimum Gasteiger partial charge on any atom is -0.480 e. The predicted octanol–water partition coefficient (Wildman–Crippen LogP) is 3.33. The van der Waals surface area contributed by atoms with E-state index in [1.807, 2.05) is 13.8 Å². The molecule has 0 bridgehead atoms. The van der Waals surface area contributed by atoms with Gasteiger partial charge in [0.2, 0.25) is 0 Å². The summed E-state index contributed by atoms with van der Waals surface area (Å²) in [5.41, 5.74) is 5.67. The molecule has 0 amide bonds. The number of hydrogen-bond acceptors (Lipinski definition) is 2. The summed E-state index contributed by atoms with van der Waals surface area (Å²) in [6.45, 7) is 3.63. The van der Waals surface area contributed by atoms with Gasteiger partial charge in [0.15, 0.2) is 0 Å². The number of nitrogens with zero attached hydrogens (tertiary/aromatic N) is 1. The molecule has 21 heavy (non-hydrogen) atoms. The van der Waals surface area contributed by atoms with Crippen molar-refractivity contribution in [3.05, 3.63) is 35.5 Å². The van der Waals surface area contributed by atoms with Gasteiger partial charge >= 0.3 is 12.1 Å². The zero-order valence-electron chi connectivity index (χ0n) is 11.5. The van der Waals surface area contributed by atoms with E-state index in [0.717, 1.165) is 12.1 Å². The van der Waals surface area contributed by atoms with Gasteiger partial charge in [0.05, 0.1) is 5.56 Å². The van der Waals surface area contributed by atoms with Crippen molar-refractivity contribution in [1.29, 1.82) is 0 Å². The first-order valence-corrected chi connectivity index (χ1v) is 6.33. The molecule has 2 rings (SSSR count). The van der Waals surface area contributed by atoms with Crippen LogP contribution in [-0.4, -0.2) is 15.6 Å². The van der Waals surface area contributed by atoms with Crippen LogP contribution in [0.25, 0.3) is 10.9 Å². The van der Waals surface area contributed by atoms with Crippen molar-refractivity contribution in [2.24, 2.45) is 5.73 Å². The summed E-state index contributed by atoms with van der Waals surface area (Å²) in [4.78, 5) is 11.1. The van der Waals surface area contributed by atoms with Crippen molar-refractivity contribution in [2.75, 3.05) is 0 Å². The third-order valence-corrected chi connectivity index (χ3v) is 3.30. The lowest BCUT2D eigenvalue weighted by Gasteiger charge is -2.17. The molecule has 3 N–H and O–H groups in total. The van der Waals surface area contributed by atoms with Gasteiger partial charge in [-0.2, -0.15) is 13.2 Å². The number of nitrogens with two attached hydrogens (primary N) is 1. The SMILES string of the molecule is CC(C)n1c(C(N)C(=O)O)cc2cc(C(F)(F)F)ccc21. The number of fused-ring (bicyclic) bond motifs is 1. The monoisotopic (exact) mass is 300 g/mol. The Bertz CT molecular complexity index is 689. The molecule has 0 aliphatic carbocycles. The van der Waals surface area contributed by atoms with Gasteiger partial charge in [0.25, 0.3) is 0 Å². The molecule has 1 atom stereocenters. The van der Waals surface area contributed by atoms with Crippen LogP contribution in [0, 0.1) is 0 Å². The quantitative estimate of drug-likeness (QED) is 0.913. The number of carboxylic acid groups (broad SMARTS) is 1. The molecule has 7 heteroatoms. The highest BCUT2D eigenvalue weighted by molar-refractivity contribution is 5.85. The molecular formula is C14H15F3N2O2. The van der Waals surface area contributed by atoms with E-state index in [1.165, 1.54) is 12.1 Å². The maximum atomic E-state index is 12.7. The molecule has 0 fully saturated rings. The van der Waals surface area contributed by atoms with Crippen LogP contribution >= 0.6 is 0 Å². The third kappa shape index (κ3) is 2.73. The molecule has 0 saturated heterocycles. The number of halogens is 3. The van der Waals surface area contributed by atoms with Gasteiger partial charge in [-0.1, -0.05) is 0 Å². The first kappa shape index (κ1) is 15.4. The zero-order chi connectivity index (χ0) is 15.9. The average Bonchev–Trinajstić information content (AvgIpc) is 2.74. The van der Waals surface area contributed by atoms with E-state index in [9.17, 15) is 18.0 Å². The summed E-state index contributed by atoms with van der Waals surface area (Å²) in [5, 5.41) is 9.36. The van der Waals surface area contributed by atoms with Gasteiger partial charge in [0.1, 0.15) is 6.04 Å². The normalized spacial score (nSPS) is 13.9.